The second-order valence-electron chi connectivity index (χ2n) is 8.25. The van der Waals surface area contributed by atoms with E-state index in [-0.39, 0.29) is 18.1 Å². The maximum Gasteiger partial charge on any atom is 0.221 e. The van der Waals surface area contributed by atoms with Crippen LogP contribution in [0.3, 0.4) is 0 Å². The fourth-order valence-electron chi connectivity index (χ4n) is 4.52. The number of fused-ring (bicyclic) bond motifs is 2. The highest BCUT2D eigenvalue weighted by molar-refractivity contribution is 5.96. The van der Waals surface area contributed by atoms with Gasteiger partial charge in [-0.2, -0.15) is 0 Å². The second kappa shape index (κ2) is 7.67. The molecule has 33 heavy (non-hydrogen) atoms. The van der Waals surface area contributed by atoms with E-state index >= 15 is 0 Å². The zero-order valence-corrected chi connectivity index (χ0v) is 17.7. The van der Waals surface area contributed by atoms with Crippen LogP contribution in [-0.4, -0.2) is 26.1 Å². The minimum atomic E-state index is -0.548. The number of ketones is 1. The molecule has 3 aromatic heterocycles. The van der Waals surface area contributed by atoms with E-state index < -0.39 is 6.04 Å². The van der Waals surface area contributed by atoms with Gasteiger partial charge in [0.1, 0.15) is 11.7 Å². The first kappa shape index (κ1) is 19.4. The molecule has 1 aliphatic rings. The molecule has 4 heterocycles. The molecule has 1 amide bonds. The van der Waals surface area contributed by atoms with Crippen molar-refractivity contribution in [1.29, 1.82) is 0 Å². The molecule has 0 aliphatic carbocycles. The first-order valence-corrected chi connectivity index (χ1v) is 10.9. The fraction of sp³-hybridized carbons (Fsp3) is 0.111. The Hall–Kier alpha value is -4.32. The van der Waals surface area contributed by atoms with E-state index in [4.69, 9.17) is 0 Å². The molecule has 0 bridgehead atoms. The Morgan fingerprint density at radius 3 is 2.64 bits per heavy atom. The van der Waals surface area contributed by atoms with Gasteiger partial charge in [0, 0.05) is 36.2 Å². The monoisotopic (exact) mass is 432 g/mol. The first-order chi connectivity index (χ1) is 16.2. The molecule has 6 nitrogen and oxygen atoms in total. The predicted molar refractivity (Wildman–Crippen MR) is 126 cm³/mol. The number of pyridine rings is 2. The molecular weight excluding hydrogens is 412 g/mol. The standard InChI is InChI=1S/C27H20N4O2/c32-24-10-11-26(33)30-27(24)18-8-6-17(7-9-18)19-12-14-31-23(16-29-25(31)15-19)21-3-1-5-22-20(21)4-2-13-28-22/h1-9,12-16,27H,10-11H2,(H,30,33). The molecule has 1 atom stereocenters. The van der Waals surface area contributed by atoms with E-state index in [0.717, 1.165) is 44.5 Å². The number of imidazole rings is 1. The first-order valence-electron chi connectivity index (χ1n) is 10.9. The van der Waals surface area contributed by atoms with Gasteiger partial charge in [-0.05, 0) is 41.0 Å². The van der Waals surface area contributed by atoms with E-state index in [9.17, 15) is 9.59 Å². The van der Waals surface area contributed by atoms with Crippen LogP contribution in [0.15, 0.2) is 85.3 Å². The zero-order chi connectivity index (χ0) is 22.4. The average Bonchev–Trinajstić information content (AvgIpc) is 3.28. The molecule has 1 saturated heterocycles. The van der Waals surface area contributed by atoms with Crippen molar-refractivity contribution in [3.8, 4) is 22.4 Å². The highest BCUT2D eigenvalue weighted by Crippen LogP contribution is 2.30. The Kier molecular flexibility index (Phi) is 4.50. The smallest absolute Gasteiger partial charge is 0.221 e. The van der Waals surface area contributed by atoms with Crippen molar-refractivity contribution >= 4 is 28.2 Å². The molecule has 6 rings (SSSR count). The summed E-state index contributed by atoms with van der Waals surface area (Å²) in [7, 11) is 0. The summed E-state index contributed by atoms with van der Waals surface area (Å²) < 4.78 is 2.08. The predicted octanol–water partition coefficient (Wildman–Crippen LogP) is 4.74. The third kappa shape index (κ3) is 3.36. The van der Waals surface area contributed by atoms with Crippen LogP contribution < -0.4 is 5.32 Å². The van der Waals surface area contributed by atoms with Gasteiger partial charge in [-0.1, -0.05) is 42.5 Å². The van der Waals surface area contributed by atoms with Crippen molar-refractivity contribution in [3.05, 3.63) is 90.9 Å². The van der Waals surface area contributed by atoms with Crippen LogP contribution in [0.25, 0.3) is 38.9 Å². The van der Waals surface area contributed by atoms with Gasteiger partial charge < -0.3 is 5.32 Å². The van der Waals surface area contributed by atoms with E-state index in [1.54, 1.807) is 6.20 Å². The maximum absolute atomic E-state index is 12.2. The molecule has 1 aliphatic heterocycles. The van der Waals surface area contributed by atoms with E-state index in [1.165, 1.54) is 0 Å². The van der Waals surface area contributed by atoms with Crippen molar-refractivity contribution < 1.29 is 9.59 Å². The Morgan fingerprint density at radius 1 is 0.879 bits per heavy atom. The molecule has 2 aromatic carbocycles. The SMILES string of the molecule is O=C1CCC(=O)C(c2ccc(-c3ccn4c(-c5cccc6ncccc56)cnc4c3)cc2)N1. The number of benzene rings is 2. The molecule has 0 saturated carbocycles. The number of amides is 1. The molecule has 1 unspecified atom stereocenters. The summed E-state index contributed by atoms with van der Waals surface area (Å²) in [6, 6.07) is 21.5. The number of aromatic nitrogens is 3. The molecule has 1 N–H and O–H groups in total. The summed E-state index contributed by atoms with van der Waals surface area (Å²) in [5.41, 5.74) is 6.77. The van der Waals surface area contributed by atoms with Crippen LogP contribution in [0.1, 0.15) is 24.4 Å². The van der Waals surface area contributed by atoms with Crippen molar-refractivity contribution in [3.63, 3.8) is 0 Å². The van der Waals surface area contributed by atoms with Crippen LogP contribution in [0.4, 0.5) is 0 Å². The number of rotatable bonds is 3. The van der Waals surface area contributed by atoms with Crippen molar-refractivity contribution in [2.75, 3.05) is 0 Å². The minimum Gasteiger partial charge on any atom is -0.342 e. The summed E-state index contributed by atoms with van der Waals surface area (Å²) in [5, 5.41) is 3.88. The number of nitrogens with one attached hydrogen (secondary N) is 1. The van der Waals surface area contributed by atoms with Crippen LogP contribution in [0.5, 0.6) is 0 Å². The van der Waals surface area contributed by atoms with Crippen molar-refractivity contribution in [2.45, 2.75) is 18.9 Å². The van der Waals surface area contributed by atoms with Gasteiger partial charge in [0.25, 0.3) is 0 Å². The summed E-state index contributed by atoms with van der Waals surface area (Å²) in [4.78, 5) is 33.0. The molecule has 5 aromatic rings. The van der Waals surface area contributed by atoms with Crippen molar-refractivity contribution in [1.82, 2.24) is 19.7 Å². The minimum absolute atomic E-state index is 0.0531. The third-order valence-electron chi connectivity index (χ3n) is 6.24. The number of hydrogen-bond acceptors (Lipinski definition) is 4. The Labute approximate surface area is 189 Å². The summed E-state index contributed by atoms with van der Waals surface area (Å²) in [5.74, 6) is -0.0245. The van der Waals surface area contributed by atoms with E-state index in [1.807, 2.05) is 54.9 Å². The number of hydrogen-bond donors (Lipinski definition) is 1. The van der Waals surface area contributed by atoms with Gasteiger partial charge in [0.15, 0.2) is 5.78 Å². The molecular formula is C27H20N4O2. The lowest BCUT2D eigenvalue weighted by Crippen LogP contribution is -2.38. The molecule has 160 valence electrons. The van der Waals surface area contributed by atoms with Crippen molar-refractivity contribution in [2.24, 2.45) is 0 Å². The highest BCUT2D eigenvalue weighted by Gasteiger charge is 2.27. The topological polar surface area (TPSA) is 76.4 Å². The fourth-order valence-corrected chi connectivity index (χ4v) is 4.52. The number of piperidine rings is 1. The van der Waals surface area contributed by atoms with Crippen LogP contribution in [0.2, 0.25) is 0 Å². The summed E-state index contributed by atoms with van der Waals surface area (Å²) >= 11 is 0. The molecule has 1 fully saturated rings. The highest BCUT2D eigenvalue weighted by atomic mass is 16.2. The zero-order valence-electron chi connectivity index (χ0n) is 17.7. The lowest BCUT2D eigenvalue weighted by atomic mass is 9.94. The van der Waals surface area contributed by atoms with E-state index in [2.05, 4.69) is 44.0 Å². The quantitative estimate of drug-likeness (QED) is 0.447. The summed E-state index contributed by atoms with van der Waals surface area (Å²) in [6.45, 7) is 0. The Morgan fingerprint density at radius 2 is 1.76 bits per heavy atom. The number of nitrogens with zero attached hydrogens (tertiary/aromatic N) is 3. The Bertz CT molecular complexity index is 1530. The van der Waals surface area contributed by atoms with Gasteiger partial charge in [0.05, 0.1) is 17.4 Å². The molecule has 0 spiro atoms. The van der Waals surface area contributed by atoms with Crippen LogP contribution in [-0.2, 0) is 9.59 Å². The van der Waals surface area contributed by atoms with Crippen LogP contribution >= 0.6 is 0 Å². The Balaban J connectivity index is 1.35. The largest absolute Gasteiger partial charge is 0.342 e. The lowest BCUT2D eigenvalue weighted by molar-refractivity contribution is -0.132. The van der Waals surface area contributed by atoms with Gasteiger partial charge in [-0.15, -0.1) is 0 Å². The van der Waals surface area contributed by atoms with Gasteiger partial charge in [0.2, 0.25) is 5.91 Å². The molecule has 0 radical (unpaired) electrons. The number of carbonyl (C=O) groups is 2. The average molecular weight is 432 g/mol. The van der Waals surface area contributed by atoms with Gasteiger partial charge in [-0.25, -0.2) is 4.98 Å². The summed E-state index contributed by atoms with van der Waals surface area (Å²) in [6.07, 6.45) is 6.29. The number of Topliss-reactive ketones (excluding diaryl/α,β-unsaturated/α-hetero) is 1. The van der Waals surface area contributed by atoms with Gasteiger partial charge in [-0.3, -0.25) is 19.0 Å². The lowest BCUT2D eigenvalue weighted by Gasteiger charge is -2.22. The second-order valence-corrected chi connectivity index (χ2v) is 8.25. The third-order valence-corrected chi connectivity index (χ3v) is 6.24. The maximum atomic E-state index is 12.2. The van der Waals surface area contributed by atoms with E-state index in [0.29, 0.717) is 6.42 Å². The van der Waals surface area contributed by atoms with Gasteiger partial charge >= 0.3 is 0 Å². The number of carbonyl (C=O) groups excluding carboxylic acids is 2. The van der Waals surface area contributed by atoms with Crippen LogP contribution in [0, 0.1) is 0 Å². The normalized spacial score (nSPS) is 16.3. The molecule has 6 heteroatoms.